The van der Waals surface area contributed by atoms with Crippen LogP contribution in [0.5, 0.6) is 0 Å². The van der Waals surface area contributed by atoms with Gasteiger partial charge in [0.05, 0.1) is 18.8 Å². The van der Waals surface area contributed by atoms with Crippen LogP contribution >= 0.6 is 0 Å². The molecule has 0 aliphatic heterocycles. The minimum absolute atomic E-state index is 0.127. The van der Waals surface area contributed by atoms with Crippen molar-refractivity contribution in [2.45, 2.75) is 19.6 Å². The lowest BCUT2D eigenvalue weighted by molar-refractivity contribution is 0.155. The minimum atomic E-state index is -0.715. The molecule has 0 saturated carbocycles. The van der Waals surface area contributed by atoms with Gasteiger partial charge in [-0.05, 0) is 12.5 Å². The van der Waals surface area contributed by atoms with Gasteiger partial charge in [0.25, 0.3) is 5.56 Å². The zero-order valence-electron chi connectivity index (χ0n) is 7.47. The smallest absolute Gasteiger partial charge is 0.267 e. The van der Waals surface area contributed by atoms with Crippen LogP contribution in [0.1, 0.15) is 5.56 Å². The zero-order valence-corrected chi connectivity index (χ0v) is 7.47. The van der Waals surface area contributed by atoms with Gasteiger partial charge in [0.15, 0.2) is 0 Å². The maximum Gasteiger partial charge on any atom is 0.267 e. The molecule has 72 valence electrons. The second-order valence-corrected chi connectivity index (χ2v) is 2.94. The Bertz CT molecular complexity index is 334. The summed E-state index contributed by atoms with van der Waals surface area (Å²) in [4.78, 5) is 11.2. The molecule has 0 spiro atoms. The average Bonchev–Trinajstić information content (AvgIpc) is 2.09. The first kappa shape index (κ1) is 9.88. The van der Waals surface area contributed by atoms with E-state index in [1.165, 1.54) is 10.7 Å². The maximum absolute atomic E-state index is 11.2. The Balaban J connectivity index is 2.84. The largest absolute Gasteiger partial charge is 0.390 e. The summed E-state index contributed by atoms with van der Waals surface area (Å²) in [7, 11) is 0. The van der Waals surface area contributed by atoms with Crippen LogP contribution in [0.15, 0.2) is 17.1 Å². The molecule has 5 nitrogen and oxygen atoms in total. The molecule has 0 aliphatic carbocycles. The number of hydrogen-bond donors (Lipinski definition) is 2. The van der Waals surface area contributed by atoms with Crippen LogP contribution in [-0.2, 0) is 6.54 Å². The van der Waals surface area contributed by atoms with Gasteiger partial charge in [-0.25, -0.2) is 4.68 Å². The van der Waals surface area contributed by atoms with Crippen LogP contribution in [0.4, 0.5) is 0 Å². The van der Waals surface area contributed by atoms with Gasteiger partial charge in [-0.1, -0.05) is 0 Å². The first-order valence-electron chi connectivity index (χ1n) is 4.05. The van der Waals surface area contributed by atoms with E-state index in [4.69, 9.17) is 5.73 Å². The summed E-state index contributed by atoms with van der Waals surface area (Å²) < 4.78 is 1.20. The molecule has 1 heterocycles. The van der Waals surface area contributed by atoms with E-state index in [1.54, 1.807) is 13.1 Å². The fourth-order valence-corrected chi connectivity index (χ4v) is 0.935. The Kier molecular flexibility index (Phi) is 3.16. The van der Waals surface area contributed by atoms with Crippen molar-refractivity contribution in [2.75, 3.05) is 6.54 Å². The van der Waals surface area contributed by atoms with Crippen LogP contribution in [-0.4, -0.2) is 27.5 Å². The van der Waals surface area contributed by atoms with Crippen LogP contribution in [0.2, 0.25) is 0 Å². The molecule has 0 aromatic carbocycles. The van der Waals surface area contributed by atoms with Crippen molar-refractivity contribution >= 4 is 0 Å². The molecule has 13 heavy (non-hydrogen) atoms. The van der Waals surface area contributed by atoms with Gasteiger partial charge < -0.3 is 10.8 Å². The van der Waals surface area contributed by atoms with Crippen molar-refractivity contribution in [2.24, 2.45) is 5.73 Å². The van der Waals surface area contributed by atoms with Gasteiger partial charge in [0.1, 0.15) is 0 Å². The third-order valence-electron chi connectivity index (χ3n) is 1.66. The average molecular weight is 183 g/mol. The number of aromatic nitrogens is 2. The first-order chi connectivity index (χ1) is 6.13. The highest BCUT2D eigenvalue weighted by molar-refractivity contribution is 5.02. The summed E-state index contributed by atoms with van der Waals surface area (Å²) in [5, 5.41) is 13.0. The second-order valence-electron chi connectivity index (χ2n) is 2.94. The van der Waals surface area contributed by atoms with Gasteiger partial charge in [-0.3, -0.25) is 4.79 Å². The van der Waals surface area contributed by atoms with Gasteiger partial charge >= 0.3 is 0 Å². The Labute approximate surface area is 75.8 Å². The number of rotatable bonds is 3. The molecule has 0 amide bonds. The van der Waals surface area contributed by atoms with E-state index < -0.39 is 6.10 Å². The third kappa shape index (κ3) is 2.64. The highest BCUT2D eigenvalue weighted by Crippen LogP contribution is 1.88. The molecular weight excluding hydrogens is 170 g/mol. The molecule has 0 saturated heterocycles. The third-order valence-corrected chi connectivity index (χ3v) is 1.66. The highest BCUT2D eigenvalue weighted by atomic mass is 16.3. The molecule has 1 rings (SSSR count). The quantitative estimate of drug-likeness (QED) is 0.621. The predicted octanol–water partition coefficient (Wildman–Crippen LogP) is -1.13. The van der Waals surface area contributed by atoms with Crippen molar-refractivity contribution < 1.29 is 5.11 Å². The summed E-state index contributed by atoms with van der Waals surface area (Å²) >= 11 is 0. The molecule has 1 aromatic heterocycles. The van der Waals surface area contributed by atoms with E-state index in [1.807, 2.05) is 0 Å². The Morgan fingerprint density at radius 2 is 2.46 bits per heavy atom. The molecular formula is C8H13N3O2. The van der Waals surface area contributed by atoms with Gasteiger partial charge in [-0.15, -0.1) is 0 Å². The van der Waals surface area contributed by atoms with E-state index in [0.29, 0.717) is 0 Å². The van der Waals surface area contributed by atoms with E-state index >= 15 is 0 Å². The maximum atomic E-state index is 11.2. The standard InChI is InChI=1S/C8H13N3O2/c1-6-2-8(13)11(10-4-6)5-7(12)3-9/h2,4,7,12H,3,5,9H2,1H3. The summed E-state index contributed by atoms with van der Waals surface area (Å²) in [6, 6.07) is 1.47. The summed E-state index contributed by atoms with van der Waals surface area (Å²) in [5.41, 5.74) is 5.80. The molecule has 3 N–H and O–H groups in total. The van der Waals surface area contributed by atoms with Gasteiger partial charge in [-0.2, -0.15) is 5.10 Å². The molecule has 0 radical (unpaired) electrons. The van der Waals surface area contributed by atoms with Crippen LogP contribution in [0.3, 0.4) is 0 Å². The van der Waals surface area contributed by atoms with Crippen LogP contribution in [0, 0.1) is 6.92 Å². The van der Waals surface area contributed by atoms with Gasteiger partial charge in [0, 0.05) is 12.6 Å². The van der Waals surface area contributed by atoms with Crippen LogP contribution in [0.25, 0.3) is 0 Å². The number of aliphatic hydroxyl groups is 1. The lowest BCUT2D eigenvalue weighted by atomic mass is 10.3. The molecule has 1 atom stereocenters. The Hall–Kier alpha value is -1.20. The fourth-order valence-electron chi connectivity index (χ4n) is 0.935. The topological polar surface area (TPSA) is 81.1 Å². The normalized spacial score (nSPS) is 12.8. The Morgan fingerprint density at radius 1 is 1.77 bits per heavy atom. The summed E-state index contributed by atoms with van der Waals surface area (Å²) in [6.45, 7) is 2.07. The molecule has 5 heteroatoms. The number of hydrogen-bond acceptors (Lipinski definition) is 4. The SMILES string of the molecule is Cc1cnn(CC(O)CN)c(=O)c1. The second kappa shape index (κ2) is 4.15. The van der Waals surface area contributed by atoms with Crippen LogP contribution < -0.4 is 11.3 Å². The lowest BCUT2D eigenvalue weighted by Gasteiger charge is -2.08. The number of aryl methyl sites for hydroxylation is 1. The van der Waals surface area contributed by atoms with Crippen molar-refractivity contribution in [3.63, 3.8) is 0 Å². The van der Waals surface area contributed by atoms with Crippen molar-refractivity contribution in [1.29, 1.82) is 0 Å². The van der Waals surface area contributed by atoms with Crippen molar-refractivity contribution in [3.05, 3.63) is 28.2 Å². The first-order valence-corrected chi connectivity index (χ1v) is 4.05. The molecule has 0 aliphatic rings. The predicted molar refractivity (Wildman–Crippen MR) is 48.3 cm³/mol. The van der Waals surface area contributed by atoms with Crippen molar-refractivity contribution in [3.8, 4) is 0 Å². The number of nitrogens with two attached hydrogens (primary N) is 1. The number of nitrogens with zero attached hydrogens (tertiary/aromatic N) is 2. The summed E-state index contributed by atoms with van der Waals surface area (Å²) in [5.74, 6) is 0. The molecule has 0 fully saturated rings. The van der Waals surface area contributed by atoms with E-state index in [2.05, 4.69) is 5.10 Å². The van der Waals surface area contributed by atoms with E-state index in [-0.39, 0.29) is 18.6 Å². The fraction of sp³-hybridized carbons (Fsp3) is 0.500. The monoisotopic (exact) mass is 183 g/mol. The molecule has 0 bridgehead atoms. The summed E-state index contributed by atoms with van der Waals surface area (Å²) in [6.07, 6.45) is 0.859. The van der Waals surface area contributed by atoms with Crippen molar-refractivity contribution in [1.82, 2.24) is 9.78 Å². The van der Waals surface area contributed by atoms with Gasteiger partial charge in [0.2, 0.25) is 0 Å². The number of aliphatic hydroxyl groups excluding tert-OH is 1. The van der Waals surface area contributed by atoms with E-state index in [0.717, 1.165) is 5.56 Å². The van der Waals surface area contributed by atoms with E-state index in [9.17, 15) is 9.90 Å². The minimum Gasteiger partial charge on any atom is -0.390 e. The molecule has 1 unspecified atom stereocenters. The highest BCUT2D eigenvalue weighted by Gasteiger charge is 2.04. The lowest BCUT2D eigenvalue weighted by Crippen LogP contribution is -2.32. The molecule has 1 aromatic rings. The zero-order chi connectivity index (χ0) is 9.84. The Morgan fingerprint density at radius 3 is 3.00 bits per heavy atom.